The van der Waals surface area contributed by atoms with Gasteiger partial charge in [0, 0.05) is 6.61 Å². The molecule has 0 spiro atoms. The monoisotopic (exact) mass is 254 g/mol. The van der Waals surface area contributed by atoms with Crippen LogP contribution in [0.25, 0.3) is 0 Å². The number of hydrogen-bond acceptors (Lipinski definition) is 1. The van der Waals surface area contributed by atoms with Gasteiger partial charge in [-0.3, -0.25) is 0 Å². The van der Waals surface area contributed by atoms with Gasteiger partial charge in [-0.25, -0.2) is 0 Å². The molecule has 108 valence electrons. The van der Waals surface area contributed by atoms with E-state index in [1.165, 1.54) is 64.2 Å². The fourth-order valence-electron chi connectivity index (χ4n) is 2.13. The molecule has 0 bridgehead atoms. The van der Waals surface area contributed by atoms with Crippen molar-refractivity contribution in [3.05, 3.63) is 12.7 Å². The van der Waals surface area contributed by atoms with Crippen LogP contribution >= 0.6 is 0 Å². The zero-order chi connectivity index (χ0) is 13.5. The lowest BCUT2D eigenvalue weighted by Gasteiger charge is -2.13. The maximum absolute atomic E-state index is 5.77. The molecular weight excluding hydrogens is 220 g/mol. The molecule has 0 rings (SSSR count). The Morgan fingerprint density at radius 3 is 1.94 bits per heavy atom. The Kier molecular flexibility index (Phi) is 14.5. The molecular formula is C17H34O. The number of ether oxygens (including phenoxy) is 1. The second-order valence-corrected chi connectivity index (χ2v) is 5.26. The Morgan fingerprint density at radius 2 is 1.39 bits per heavy atom. The van der Waals surface area contributed by atoms with Crippen LogP contribution in [0.1, 0.15) is 84.5 Å². The van der Waals surface area contributed by atoms with Gasteiger partial charge < -0.3 is 4.74 Å². The summed E-state index contributed by atoms with van der Waals surface area (Å²) in [6.07, 6.45) is 16.8. The third kappa shape index (κ3) is 12.2. The summed E-state index contributed by atoms with van der Waals surface area (Å²) in [5, 5.41) is 0. The second kappa shape index (κ2) is 14.8. The van der Waals surface area contributed by atoms with Crippen molar-refractivity contribution in [1.29, 1.82) is 0 Å². The zero-order valence-electron chi connectivity index (χ0n) is 12.8. The minimum atomic E-state index is 0.289. The first-order valence-electron chi connectivity index (χ1n) is 8.09. The van der Waals surface area contributed by atoms with E-state index in [4.69, 9.17) is 4.74 Å². The van der Waals surface area contributed by atoms with Gasteiger partial charge in [-0.1, -0.05) is 77.7 Å². The van der Waals surface area contributed by atoms with Crippen molar-refractivity contribution in [2.45, 2.75) is 90.6 Å². The Hall–Kier alpha value is -0.300. The molecule has 0 fully saturated rings. The number of rotatable bonds is 14. The summed E-state index contributed by atoms with van der Waals surface area (Å²) < 4.78 is 5.77. The minimum absolute atomic E-state index is 0.289. The predicted molar refractivity (Wildman–Crippen MR) is 82.1 cm³/mol. The summed E-state index contributed by atoms with van der Waals surface area (Å²) in [5.74, 6) is 0. The molecule has 0 aromatic heterocycles. The van der Waals surface area contributed by atoms with Crippen molar-refractivity contribution in [3.63, 3.8) is 0 Å². The van der Waals surface area contributed by atoms with Gasteiger partial charge in [0.1, 0.15) is 0 Å². The van der Waals surface area contributed by atoms with E-state index in [1.807, 2.05) is 6.08 Å². The maximum atomic E-state index is 5.77. The van der Waals surface area contributed by atoms with Crippen LogP contribution in [0.15, 0.2) is 12.7 Å². The Bertz CT molecular complexity index is 165. The first kappa shape index (κ1) is 17.7. The van der Waals surface area contributed by atoms with Crippen molar-refractivity contribution in [3.8, 4) is 0 Å². The molecule has 18 heavy (non-hydrogen) atoms. The molecule has 0 aromatic carbocycles. The lowest BCUT2D eigenvalue weighted by Crippen LogP contribution is -2.10. The first-order valence-corrected chi connectivity index (χ1v) is 8.09. The molecule has 0 aromatic rings. The molecule has 0 saturated heterocycles. The standard InChI is InChI=1S/C17H34O/c1-4-7-9-10-11-12-13-14-15-17(6-3)18-16-8-5-2/h6,17H,3-5,7-16H2,1-2H3. The lowest BCUT2D eigenvalue weighted by molar-refractivity contribution is 0.0756. The topological polar surface area (TPSA) is 9.23 Å². The van der Waals surface area contributed by atoms with Crippen LogP contribution in [-0.2, 0) is 4.74 Å². The highest BCUT2D eigenvalue weighted by Gasteiger charge is 2.03. The molecule has 0 heterocycles. The van der Waals surface area contributed by atoms with E-state index in [9.17, 15) is 0 Å². The van der Waals surface area contributed by atoms with Crippen LogP contribution in [0, 0.1) is 0 Å². The van der Waals surface area contributed by atoms with Crippen molar-refractivity contribution >= 4 is 0 Å². The van der Waals surface area contributed by atoms with E-state index in [0.717, 1.165) is 13.0 Å². The van der Waals surface area contributed by atoms with Crippen LogP contribution < -0.4 is 0 Å². The smallest absolute Gasteiger partial charge is 0.0753 e. The van der Waals surface area contributed by atoms with Gasteiger partial charge in [0.05, 0.1) is 6.10 Å². The zero-order valence-corrected chi connectivity index (χ0v) is 12.8. The predicted octanol–water partition coefficient (Wildman–Crippen LogP) is 5.89. The van der Waals surface area contributed by atoms with E-state index < -0.39 is 0 Å². The van der Waals surface area contributed by atoms with E-state index in [0.29, 0.717) is 0 Å². The SMILES string of the molecule is C=CC(CCCCCCCCCC)OCCCC. The largest absolute Gasteiger partial charge is 0.374 e. The number of unbranched alkanes of at least 4 members (excludes halogenated alkanes) is 8. The average molecular weight is 254 g/mol. The molecule has 0 radical (unpaired) electrons. The molecule has 0 aliphatic heterocycles. The van der Waals surface area contributed by atoms with E-state index in [2.05, 4.69) is 20.4 Å². The molecule has 0 N–H and O–H groups in total. The van der Waals surface area contributed by atoms with E-state index >= 15 is 0 Å². The summed E-state index contributed by atoms with van der Waals surface area (Å²) in [6, 6.07) is 0. The van der Waals surface area contributed by atoms with Crippen LogP contribution in [0.5, 0.6) is 0 Å². The van der Waals surface area contributed by atoms with Gasteiger partial charge >= 0.3 is 0 Å². The van der Waals surface area contributed by atoms with Gasteiger partial charge in [-0.05, 0) is 12.8 Å². The Balaban J connectivity index is 3.26. The van der Waals surface area contributed by atoms with Gasteiger partial charge in [-0.2, -0.15) is 0 Å². The van der Waals surface area contributed by atoms with Crippen LogP contribution in [-0.4, -0.2) is 12.7 Å². The highest BCUT2D eigenvalue weighted by Crippen LogP contribution is 2.12. The fraction of sp³-hybridized carbons (Fsp3) is 0.882. The molecule has 1 atom stereocenters. The van der Waals surface area contributed by atoms with Crippen LogP contribution in [0.2, 0.25) is 0 Å². The normalized spacial score (nSPS) is 12.6. The molecule has 1 unspecified atom stereocenters. The second-order valence-electron chi connectivity index (χ2n) is 5.26. The Morgan fingerprint density at radius 1 is 0.833 bits per heavy atom. The summed E-state index contributed by atoms with van der Waals surface area (Å²) in [6.45, 7) is 9.23. The van der Waals surface area contributed by atoms with Crippen molar-refractivity contribution in [1.82, 2.24) is 0 Å². The highest BCUT2D eigenvalue weighted by atomic mass is 16.5. The molecule has 0 aliphatic carbocycles. The summed E-state index contributed by atoms with van der Waals surface area (Å²) in [7, 11) is 0. The average Bonchev–Trinajstić information content (AvgIpc) is 2.40. The van der Waals surface area contributed by atoms with Crippen molar-refractivity contribution < 1.29 is 4.74 Å². The maximum Gasteiger partial charge on any atom is 0.0753 e. The quantitative estimate of drug-likeness (QED) is 0.277. The minimum Gasteiger partial charge on any atom is -0.374 e. The highest BCUT2D eigenvalue weighted by molar-refractivity contribution is 4.79. The summed E-state index contributed by atoms with van der Waals surface area (Å²) >= 11 is 0. The third-order valence-electron chi connectivity index (χ3n) is 3.43. The van der Waals surface area contributed by atoms with Crippen LogP contribution in [0.3, 0.4) is 0 Å². The number of hydrogen-bond donors (Lipinski definition) is 0. The summed E-state index contributed by atoms with van der Waals surface area (Å²) in [5.41, 5.74) is 0. The van der Waals surface area contributed by atoms with Gasteiger partial charge in [0.2, 0.25) is 0 Å². The van der Waals surface area contributed by atoms with Gasteiger partial charge in [-0.15, -0.1) is 6.58 Å². The van der Waals surface area contributed by atoms with Crippen molar-refractivity contribution in [2.24, 2.45) is 0 Å². The third-order valence-corrected chi connectivity index (χ3v) is 3.43. The van der Waals surface area contributed by atoms with Crippen LogP contribution in [0.4, 0.5) is 0 Å². The molecule has 1 heteroatoms. The first-order chi connectivity index (χ1) is 8.85. The van der Waals surface area contributed by atoms with Gasteiger partial charge in [0.25, 0.3) is 0 Å². The van der Waals surface area contributed by atoms with E-state index in [-0.39, 0.29) is 6.10 Å². The molecule has 0 saturated carbocycles. The Labute approximate surface area is 115 Å². The van der Waals surface area contributed by atoms with Gasteiger partial charge in [0.15, 0.2) is 0 Å². The summed E-state index contributed by atoms with van der Waals surface area (Å²) in [4.78, 5) is 0. The lowest BCUT2D eigenvalue weighted by atomic mass is 10.1. The molecule has 1 nitrogen and oxygen atoms in total. The van der Waals surface area contributed by atoms with E-state index in [1.54, 1.807) is 0 Å². The molecule has 0 aliphatic rings. The fourth-order valence-corrected chi connectivity index (χ4v) is 2.13. The molecule has 0 amide bonds. The van der Waals surface area contributed by atoms with Crippen molar-refractivity contribution in [2.75, 3.05) is 6.61 Å².